The van der Waals surface area contributed by atoms with Crippen molar-refractivity contribution in [2.45, 2.75) is 32.6 Å². The van der Waals surface area contributed by atoms with Crippen LogP contribution in [0.5, 0.6) is 0 Å². The van der Waals surface area contributed by atoms with Gasteiger partial charge in [0.1, 0.15) is 0 Å². The number of hydrogen-bond donors (Lipinski definition) is 2. The highest BCUT2D eigenvalue weighted by molar-refractivity contribution is 5.99. The summed E-state index contributed by atoms with van der Waals surface area (Å²) in [5, 5.41) is 0. The van der Waals surface area contributed by atoms with Crippen LogP contribution in [-0.2, 0) is 0 Å². The Morgan fingerprint density at radius 3 is 3.11 bits per heavy atom. The van der Waals surface area contributed by atoms with Crippen molar-refractivity contribution in [2.75, 3.05) is 18.5 Å². The van der Waals surface area contributed by atoms with Crippen LogP contribution in [0.2, 0.25) is 0 Å². The van der Waals surface area contributed by atoms with Gasteiger partial charge in [0.15, 0.2) is 0 Å². The molecule has 1 aliphatic heterocycles. The number of likely N-dealkylation sites (tertiary alicyclic amines) is 1. The molecule has 0 bridgehead atoms. The molecule has 0 spiro atoms. The first-order chi connectivity index (χ1) is 9.26. The first kappa shape index (κ1) is 13.8. The second kappa shape index (κ2) is 6.52. The minimum atomic E-state index is 0.0257. The normalized spacial score (nSPS) is 19.9. The Hall–Kier alpha value is -1.62. The third-order valence-electron chi connectivity index (χ3n) is 3.92. The standard InChI is InChI=1S/C14H22N4O/c1-2-11-4-3-8-18(9-6-11)14(19)12-10-16-7-5-13(12)17-15/h5,7,10-11H,2-4,6,8-9,15H2,1H3,(H,16,17). The van der Waals surface area contributed by atoms with Gasteiger partial charge < -0.3 is 10.3 Å². The lowest BCUT2D eigenvalue weighted by Crippen LogP contribution is -2.33. The summed E-state index contributed by atoms with van der Waals surface area (Å²) in [6.45, 7) is 3.88. The van der Waals surface area contributed by atoms with E-state index in [0.717, 1.165) is 31.8 Å². The van der Waals surface area contributed by atoms with Crippen LogP contribution in [0.3, 0.4) is 0 Å². The highest BCUT2D eigenvalue weighted by atomic mass is 16.2. The van der Waals surface area contributed by atoms with E-state index in [-0.39, 0.29) is 5.91 Å². The molecule has 3 N–H and O–H groups in total. The molecule has 2 rings (SSSR count). The van der Waals surface area contributed by atoms with E-state index >= 15 is 0 Å². The van der Waals surface area contributed by atoms with Crippen LogP contribution in [0.1, 0.15) is 43.0 Å². The minimum Gasteiger partial charge on any atom is -0.339 e. The third-order valence-corrected chi connectivity index (χ3v) is 3.92. The molecular formula is C14H22N4O. The molecule has 5 heteroatoms. The van der Waals surface area contributed by atoms with E-state index in [9.17, 15) is 4.79 Å². The Morgan fingerprint density at radius 1 is 1.53 bits per heavy atom. The van der Waals surface area contributed by atoms with E-state index in [1.807, 2.05) is 4.90 Å². The van der Waals surface area contributed by atoms with E-state index in [4.69, 9.17) is 5.84 Å². The van der Waals surface area contributed by atoms with Crippen LogP contribution < -0.4 is 11.3 Å². The minimum absolute atomic E-state index is 0.0257. The highest BCUT2D eigenvalue weighted by Gasteiger charge is 2.22. The number of nitrogens with zero attached hydrogens (tertiary/aromatic N) is 2. The van der Waals surface area contributed by atoms with Crippen molar-refractivity contribution in [2.24, 2.45) is 11.8 Å². The number of hydrazine groups is 1. The molecule has 0 saturated carbocycles. The average molecular weight is 262 g/mol. The second-order valence-electron chi connectivity index (χ2n) is 5.06. The Kier molecular flexibility index (Phi) is 4.74. The van der Waals surface area contributed by atoms with Gasteiger partial charge in [-0.3, -0.25) is 15.6 Å². The fourth-order valence-electron chi connectivity index (χ4n) is 2.64. The molecule has 5 nitrogen and oxygen atoms in total. The summed E-state index contributed by atoms with van der Waals surface area (Å²) < 4.78 is 0. The molecule has 0 aromatic carbocycles. The Morgan fingerprint density at radius 2 is 2.37 bits per heavy atom. The summed E-state index contributed by atoms with van der Waals surface area (Å²) >= 11 is 0. The van der Waals surface area contributed by atoms with Gasteiger partial charge in [-0.25, -0.2) is 0 Å². The molecule has 1 amide bonds. The van der Waals surface area contributed by atoms with Crippen molar-refractivity contribution in [1.82, 2.24) is 9.88 Å². The van der Waals surface area contributed by atoms with Gasteiger partial charge in [-0.1, -0.05) is 13.3 Å². The van der Waals surface area contributed by atoms with E-state index in [1.54, 1.807) is 18.5 Å². The Bertz CT molecular complexity index is 435. The van der Waals surface area contributed by atoms with Gasteiger partial charge >= 0.3 is 0 Å². The monoisotopic (exact) mass is 262 g/mol. The van der Waals surface area contributed by atoms with Crippen LogP contribution in [-0.4, -0.2) is 28.9 Å². The summed E-state index contributed by atoms with van der Waals surface area (Å²) in [4.78, 5) is 18.5. The van der Waals surface area contributed by atoms with Crippen LogP contribution in [0, 0.1) is 5.92 Å². The number of nitrogen functional groups attached to an aromatic ring is 1. The third kappa shape index (κ3) is 3.23. The molecule has 19 heavy (non-hydrogen) atoms. The zero-order valence-corrected chi connectivity index (χ0v) is 11.4. The van der Waals surface area contributed by atoms with Crippen molar-refractivity contribution in [1.29, 1.82) is 0 Å². The van der Waals surface area contributed by atoms with Crippen LogP contribution in [0.15, 0.2) is 18.5 Å². The molecule has 1 saturated heterocycles. The number of amides is 1. The zero-order valence-electron chi connectivity index (χ0n) is 11.4. The lowest BCUT2D eigenvalue weighted by Gasteiger charge is -2.21. The van der Waals surface area contributed by atoms with Gasteiger partial charge in [-0.15, -0.1) is 0 Å². The van der Waals surface area contributed by atoms with Crippen molar-refractivity contribution >= 4 is 11.6 Å². The molecule has 1 atom stereocenters. The van der Waals surface area contributed by atoms with Crippen molar-refractivity contribution in [3.63, 3.8) is 0 Å². The summed E-state index contributed by atoms with van der Waals surface area (Å²) in [7, 11) is 0. The highest BCUT2D eigenvalue weighted by Crippen LogP contribution is 2.22. The first-order valence-corrected chi connectivity index (χ1v) is 6.96. The zero-order chi connectivity index (χ0) is 13.7. The Balaban J connectivity index is 2.10. The van der Waals surface area contributed by atoms with Crippen molar-refractivity contribution in [3.8, 4) is 0 Å². The SMILES string of the molecule is CCC1CCCN(C(=O)c2cnccc2NN)CC1. The molecule has 1 unspecified atom stereocenters. The molecule has 1 aromatic rings. The van der Waals surface area contributed by atoms with Gasteiger partial charge in [0.05, 0.1) is 11.3 Å². The number of rotatable bonds is 3. The molecule has 1 aliphatic rings. The van der Waals surface area contributed by atoms with E-state index in [2.05, 4.69) is 17.3 Å². The lowest BCUT2D eigenvalue weighted by atomic mass is 9.98. The number of carbonyl (C=O) groups is 1. The smallest absolute Gasteiger partial charge is 0.257 e. The summed E-state index contributed by atoms with van der Waals surface area (Å²) in [5.74, 6) is 6.22. The Labute approximate surface area is 114 Å². The largest absolute Gasteiger partial charge is 0.339 e. The van der Waals surface area contributed by atoms with Crippen LogP contribution in [0.4, 0.5) is 5.69 Å². The average Bonchev–Trinajstić information content (AvgIpc) is 2.71. The maximum atomic E-state index is 12.5. The number of anilines is 1. The predicted molar refractivity (Wildman–Crippen MR) is 75.6 cm³/mol. The molecule has 1 aromatic heterocycles. The van der Waals surface area contributed by atoms with E-state index in [0.29, 0.717) is 11.3 Å². The quantitative estimate of drug-likeness (QED) is 0.646. The molecule has 1 fully saturated rings. The topological polar surface area (TPSA) is 71.2 Å². The van der Waals surface area contributed by atoms with Gasteiger partial charge in [0.2, 0.25) is 0 Å². The van der Waals surface area contributed by atoms with Crippen LogP contribution in [0.25, 0.3) is 0 Å². The maximum absolute atomic E-state index is 12.5. The summed E-state index contributed by atoms with van der Waals surface area (Å²) in [6, 6.07) is 1.72. The fourth-order valence-corrected chi connectivity index (χ4v) is 2.64. The lowest BCUT2D eigenvalue weighted by molar-refractivity contribution is 0.0760. The van der Waals surface area contributed by atoms with Crippen LogP contribution >= 0.6 is 0 Å². The van der Waals surface area contributed by atoms with Gasteiger partial charge in [0.25, 0.3) is 5.91 Å². The number of nitrogens with one attached hydrogen (secondary N) is 1. The summed E-state index contributed by atoms with van der Waals surface area (Å²) in [5.41, 5.74) is 3.75. The predicted octanol–water partition coefficient (Wildman–Crippen LogP) is 2.02. The van der Waals surface area contributed by atoms with Gasteiger partial charge in [-0.05, 0) is 31.2 Å². The molecule has 0 aliphatic carbocycles. The number of nitrogens with two attached hydrogens (primary N) is 1. The molecule has 0 radical (unpaired) electrons. The summed E-state index contributed by atoms with van der Waals surface area (Å²) in [6.07, 6.45) is 7.80. The van der Waals surface area contributed by atoms with E-state index < -0.39 is 0 Å². The first-order valence-electron chi connectivity index (χ1n) is 6.96. The second-order valence-corrected chi connectivity index (χ2v) is 5.06. The van der Waals surface area contributed by atoms with Gasteiger partial charge in [-0.2, -0.15) is 0 Å². The molecular weight excluding hydrogens is 240 g/mol. The van der Waals surface area contributed by atoms with Crippen molar-refractivity contribution in [3.05, 3.63) is 24.0 Å². The molecule has 2 heterocycles. The van der Waals surface area contributed by atoms with Gasteiger partial charge in [0, 0.05) is 25.5 Å². The number of pyridine rings is 1. The number of carbonyl (C=O) groups excluding carboxylic acids is 1. The van der Waals surface area contributed by atoms with Crippen molar-refractivity contribution < 1.29 is 4.79 Å². The van der Waals surface area contributed by atoms with E-state index in [1.165, 1.54) is 12.8 Å². The fraction of sp³-hybridized carbons (Fsp3) is 0.571. The maximum Gasteiger partial charge on any atom is 0.257 e. The number of aromatic nitrogens is 1. The molecule has 104 valence electrons. The number of hydrogen-bond acceptors (Lipinski definition) is 4.